The first kappa shape index (κ1) is 20.1. The van der Waals surface area contributed by atoms with Gasteiger partial charge < -0.3 is 10.4 Å². The molecule has 1 unspecified atom stereocenters. The van der Waals surface area contributed by atoms with Crippen molar-refractivity contribution in [1.82, 2.24) is 15.2 Å². The summed E-state index contributed by atoms with van der Waals surface area (Å²) in [5, 5.41) is 14.2. The van der Waals surface area contributed by atoms with Gasteiger partial charge in [0.15, 0.2) is 0 Å². The van der Waals surface area contributed by atoms with Crippen molar-refractivity contribution in [2.45, 2.75) is 37.6 Å². The van der Waals surface area contributed by atoms with Crippen molar-refractivity contribution in [2.75, 3.05) is 25.0 Å². The van der Waals surface area contributed by atoms with E-state index >= 15 is 0 Å². The van der Waals surface area contributed by atoms with Crippen LogP contribution in [0.4, 0.5) is 5.82 Å². The van der Waals surface area contributed by atoms with Crippen LogP contribution >= 0.6 is 12.4 Å². The number of aromatic nitrogens is 1. The molecule has 1 aromatic rings. The summed E-state index contributed by atoms with van der Waals surface area (Å²) in [6.45, 7) is 1.64. The number of aliphatic carboxylic acids is 1. The number of amides is 2. The zero-order valence-corrected chi connectivity index (χ0v) is 15.1. The topological polar surface area (TPSA) is 112 Å². The number of nitrogens with zero attached hydrogens (tertiary/aromatic N) is 2. The van der Waals surface area contributed by atoms with Crippen LogP contribution in [0.5, 0.6) is 0 Å². The Morgan fingerprint density at radius 2 is 2.00 bits per heavy atom. The average Bonchev–Trinajstić information content (AvgIpc) is 2.58. The van der Waals surface area contributed by atoms with E-state index in [1.807, 2.05) is 23.2 Å². The molecule has 3 heterocycles. The fourth-order valence-corrected chi connectivity index (χ4v) is 3.36. The molecule has 9 heteroatoms. The Bertz CT molecular complexity index is 659. The largest absolute Gasteiger partial charge is 0.480 e. The lowest BCUT2D eigenvalue weighted by atomic mass is 9.90. The maximum absolute atomic E-state index is 11.8. The predicted octanol–water partition coefficient (Wildman–Crippen LogP) is 0.984. The number of carbonyl (C=O) groups excluding carboxylic acids is 2. The molecule has 1 atom stereocenters. The molecule has 0 aromatic carbocycles. The third-order valence-electron chi connectivity index (χ3n) is 4.77. The molecular formula is C17H23ClN4O4. The van der Waals surface area contributed by atoms with Gasteiger partial charge in [-0.25, -0.2) is 4.98 Å². The van der Waals surface area contributed by atoms with Gasteiger partial charge in [-0.15, -0.1) is 12.4 Å². The summed E-state index contributed by atoms with van der Waals surface area (Å²) in [6, 6.07) is 3.41. The molecule has 0 radical (unpaired) electrons. The predicted molar refractivity (Wildman–Crippen MR) is 97.3 cm³/mol. The molecular weight excluding hydrogens is 360 g/mol. The van der Waals surface area contributed by atoms with E-state index in [4.69, 9.17) is 5.11 Å². The molecule has 26 heavy (non-hydrogen) atoms. The molecule has 0 spiro atoms. The van der Waals surface area contributed by atoms with Crippen molar-refractivity contribution >= 4 is 36.0 Å². The van der Waals surface area contributed by atoms with E-state index in [-0.39, 0.29) is 30.8 Å². The van der Waals surface area contributed by atoms with Gasteiger partial charge in [0.05, 0.1) is 6.54 Å². The maximum atomic E-state index is 11.8. The van der Waals surface area contributed by atoms with Crippen LogP contribution in [0.15, 0.2) is 18.3 Å². The van der Waals surface area contributed by atoms with E-state index in [1.165, 1.54) is 0 Å². The number of likely N-dealkylation sites (tertiary alicyclic amines) is 1. The molecule has 2 aliphatic heterocycles. The lowest BCUT2D eigenvalue weighted by Gasteiger charge is -2.31. The van der Waals surface area contributed by atoms with Crippen LogP contribution in [-0.4, -0.2) is 58.5 Å². The normalized spacial score (nSPS) is 21.6. The summed E-state index contributed by atoms with van der Waals surface area (Å²) in [4.78, 5) is 40.0. The van der Waals surface area contributed by atoms with Crippen LogP contribution in [0, 0.1) is 0 Å². The highest BCUT2D eigenvalue weighted by atomic mass is 35.5. The third-order valence-corrected chi connectivity index (χ3v) is 4.77. The Hall–Kier alpha value is -2.19. The molecule has 0 bridgehead atoms. The van der Waals surface area contributed by atoms with Gasteiger partial charge in [0.2, 0.25) is 11.8 Å². The Labute approximate surface area is 157 Å². The highest BCUT2D eigenvalue weighted by molar-refractivity contribution is 6.01. The van der Waals surface area contributed by atoms with Gasteiger partial charge in [0, 0.05) is 12.6 Å². The summed E-state index contributed by atoms with van der Waals surface area (Å²) < 4.78 is 0. The molecule has 2 saturated heterocycles. The molecule has 2 aliphatic rings. The molecule has 3 N–H and O–H groups in total. The zero-order valence-electron chi connectivity index (χ0n) is 14.3. The smallest absolute Gasteiger partial charge is 0.317 e. The minimum absolute atomic E-state index is 0. The van der Waals surface area contributed by atoms with E-state index in [0.717, 1.165) is 31.5 Å². The van der Waals surface area contributed by atoms with Crippen LogP contribution in [0.1, 0.15) is 37.2 Å². The van der Waals surface area contributed by atoms with Crippen molar-refractivity contribution in [3.05, 3.63) is 23.9 Å². The van der Waals surface area contributed by atoms with Gasteiger partial charge in [-0.2, -0.15) is 0 Å². The van der Waals surface area contributed by atoms with E-state index in [2.05, 4.69) is 15.6 Å². The molecule has 2 amide bonds. The van der Waals surface area contributed by atoms with Gasteiger partial charge in [0.1, 0.15) is 11.9 Å². The number of pyridine rings is 1. The number of carbonyl (C=O) groups is 3. The van der Waals surface area contributed by atoms with Crippen LogP contribution < -0.4 is 10.6 Å². The lowest BCUT2D eigenvalue weighted by Crippen LogP contribution is -2.47. The molecule has 142 valence electrons. The average molecular weight is 383 g/mol. The fraction of sp³-hybridized carbons (Fsp3) is 0.529. The first-order valence-electron chi connectivity index (χ1n) is 8.51. The second kappa shape index (κ2) is 8.95. The monoisotopic (exact) mass is 382 g/mol. The van der Waals surface area contributed by atoms with Gasteiger partial charge in [0.25, 0.3) is 0 Å². The number of piperidine rings is 2. The molecule has 3 rings (SSSR count). The van der Waals surface area contributed by atoms with Crippen molar-refractivity contribution < 1.29 is 19.5 Å². The number of rotatable bonds is 5. The fourth-order valence-electron chi connectivity index (χ4n) is 3.36. The van der Waals surface area contributed by atoms with E-state index in [9.17, 15) is 14.4 Å². The first-order chi connectivity index (χ1) is 12.0. The SMILES string of the molecule is Cl.O=C(O)CN1CCC(c2ccc(NC3CCC(=O)NC3=O)nc2)CC1. The second-order valence-corrected chi connectivity index (χ2v) is 6.57. The Balaban J connectivity index is 0.00000243. The minimum Gasteiger partial charge on any atom is -0.480 e. The summed E-state index contributed by atoms with van der Waals surface area (Å²) in [7, 11) is 0. The Morgan fingerprint density at radius 3 is 2.58 bits per heavy atom. The quantitative estimate of drug-likeness (QED) is 0.651. The lowest BCUT2D eigenvalue weighted by molar-refractivity contribution is -0.138. The summed E-state index contributed by atoms with van der Waals surface area (Å²) in [6.07, 6.45) is 4.43. The van der Waals surface area contributed by atoms with Gasteiger partial charge >= 0.3 is 5.97 Å². The zero-order chi connectivity index (χ0) is 17.8. The summed E-state index contributed by atoms with van der Waals surface area (Å²) in [5.74, 6) is -0.346. The van der Waals surface area contributed by atoms with Gasteiger partial charge in [-0.05, 0) is 49.9 Å². The Morgan fingerprint density at radius 1 is 1.27 bits per heavy atom. The molecule has 0 aliphatic carbocycles. The molecule has 0 saturated carbocycles. The minimum atomic E-state index is -0.788. The number of hydrogen-bond donors (Lipinski definition) is 3. The molecule has 1 aromatic heterocycles. The van der Waals surface area contributed by atoms with Crippen molar-refractivity contribution in [2.24, 2.45) is 0 Å². The van der Waals surface area contributed by atoms with E-state index < -0.39 is 12.0 Å². The second-order valence-electron chi connectivity index (χ2n) is 6.57. The van der Waals surface area contributed by atoms with Crippen LogP contribution in [0.2, 0.25) is 0 Å². The standard InChI is InChI=1S/C17H22N4O4.ClH/c22-15-4-2-13(17(25)20-15)19-14-3-1-12(9-18-14)11-5-7-21(8-6-11)10-16(23)24;/h1,3,9,11,13H,2,4-8,10H2,(H,18,19)(H,23,24)(H,20,22,25);1H. The van der Waals surface area contributed by atoms with Crippen molar-refractivity contribution in [3.8, 4) is 0 Å². The van der Waals surface area contributed by atoms with Crippen molar-refractivity contribution in [1.29, 1.82) is 0 Å². The van der Waals surface area contributed by atoms with Gasteiger partial charge in [-0.1, -0.05) is 6.07 Å². The van der Waals surface area contributed by atoms with Gasteiger partial charge in [-0.3, -0.25) is 24.6 Å². The van der Waals surface area contributed by atoms with Crippen LogP contribution in [0.3, 0.4) is 0 Å². The van der Waals surface area contributed by atoms with Crippen LogP contribution in [0.25, 0.3) is 0 Å². The summed E-state index contributed by atoms with van der Waals surface area (Å²) in [5.41, 5.74) is 1.13. The molecule has 2 fully saturated rings. The highest BCUT2D eigenvalue weighted by Crippen LogP contribution is 2.28. The number of nitrogens with one attached hydrogen (secondary N) is 2. The summed E-state index contributed by atoms with van der Waals surface area (Å²) >= 11 is 0. The van der Waals surface area contributed by atoms with Crippen molar-refractivity contribution in [3.63, 3.8) is 0 Å². The molecule has 8 nitrogen and oxygen atoms in total. The number of hydrogen-bond acceptors (Lipinski definition) is 6. The first-order valence-corrected chi connectivity index (χ1v) is 8.51. The van der Waals surface area contributed by atoms with E-state index in [1.54, 1.807) is 0 Å². The highest BCUT2D eigenvalue weighted by Gasteiger charge is 2.27. The Kier molecular flexibility index (Phi) is 6.93. The number of imide groups is 1. The third kappa shape index (κ3) is 5.15. The van der Waals surface area contributed by atoms with E-state index in [0.29, 0.717) is 24.6 Å². The number of anilines is 1. The number of halogens is 1. The number of carboxylic acids is 1. The number of carboxylic acid groups (broad SMARTS) is 1. The maximum Gasteiger partial charge on any atom is 0.317 e. The van der Waals surface area contributed by atoms with Crippen LogP contribution in [-0.2, 0) is 14.4 Å².